The molecule has 0 bridgehead atoms. The van der Waals surface area contributed by atoms with Crippen molar-refractivity contribution >= 4 is 22.4 Å². The predicted octanol–water partition coefficient (Wildman–Crippen LogP) is 2.64. The van der Waals surface area contributed by atoms with E-state index in [1.807, 2.05) is 0 Å². The number of aromatic carboxylic acids is 1. The van der Waals surface area contributed by atoms with Gasteiger partial charge in [-0.25, -0.2) is 9.78 Å². The van der Waals surface area contributed by atoms with Gasteiger partial charge in [-0.3, -0.25) is 0 Å². The molecule has 4 nitrogen and oxygen atoms in total. The molecule has 0 spiro atoms. The molecule has 1 fully saturated rings. The Labute approximate surface area is 105 Å². The number of carbonyl (C=O) groups is 1. The van der Waals surface area contributed by atoms with Gasteiger partial charge in [-0.2, -0.15) is 0 Å². The minimum Gasteiger partial charge on any atom is -0.477 e. The fourth-order valence-corrected chi connectivity index (χ4v) is 3.06. The Bertz CT molecular complexity index is 409. The summed E-state index contributed by atoms with van der Waals surface area (Å²) >= 11 is 1.32. The largest absolute Gasteiger partial charge is 0.477 e. The highest BCUT2D eigenvalue weighted by Gasteiger charge is 2.22. The van der Waals surface area contributed by atoms with Gasteiger partial charge in [0.2, 0.25) is 0 Å². The van der Waals surface area contributed by atoms with E-state index in [2.05, 4.69) is 23.7 Å². The molecule has 2 heterocycles. The number of carboxylic acid groups (broad SMARTS) is 1. The number of aromatic nitrogens is 1. The normalized spacial score (nSPS) is 15.8. The van der Waals surface area contributed by atoms with Crippen molar-refractivity contribution in [2.75, 3.05) is 18.0 Å². The van der Waals surface area contributed by atoms with E-state index in [1.54, 1.807) is 0 Å². The second kappa shape index (κ2) is 5.04. The smallest absolute Gasteiger partial charge is 0.347 e. The molecule has 1 aliphatic rings. The van der Waals surface area contributed by atoms with Crippen LogP contribution in [-0.2, 0) is 6.42 Å². The number of hydrogen-bond donors (Lipinski definition) is 1. The van der Waals surface area contributed by atoms with Gasteiger partial charge < -0.3 is 10.0 Å². The van der Waals surface area contributed by atoms with Crippen molar-refractivity contribution in [3.05, 3.63) is 10.6 Å². The maximum atomic E-state index is 11.2. The summed E-state index contributed by atoms with van der Waals surface area (Å²) in [7, 11) is 0. The van der Waals surface area contributed by atoms with Crippen LogP contribution in [0.5, 0.6) is 0 Å². The molecule has 0 aliphatic carbocycles. The van der Waals surface area contributed by atoms with Crippen molar-refractivity contribution < 1.29 is 9.90 Å². The first-order valence-electron chi connectivity index (χ1n) is 6.06. The van der Waals surface area contributed by atoms with Crippen LogP contribution < -0.4 is 4.90 Å². The molecule has 0 radical (unpaired) electrons. The third-order valence-electron chi connectivity index (χ3n) is 2.86. The Kier molecular flexibility index (Phi) is 3.66. The lowest BCUT2D eigenvalue weighted by molar-refractivity contribution is 0.0700. The second-order valence-corrected chi connectivity index (χ2v) is 5.85. The average molecular weight is 254 g/mol. The molecule has 1 N–H and O–H groups in total. The molecule has 1 aromatic heterocycles. The second-order valence-electron chi connectivity index (χ2n) is 4.87. The SMILES string of the molecule is CC(C)Cc1nc(N2CCCC2)sc1C(=O)O. The van der Waals surface area contributed by atoms with Gasteiger partial charge >= 0.3 is 5.97 Å². The summed E-state index contributed by atoms with van der Waals surface area (Å²) < 4.78 is 0. The van der Waals surface area contributed by atoms with E-state index in [9.17, 15) is 9.90 Å². The molecule has 0 unspecified atom stereocenters. The van der Waals surface area contributed by atoms with Crippen LogP contribution in [0.3, 0.4) is 0 Å². The number of rotatable bonds is 4. The fraction of sp³-hybridized carbons (Fsp3) is 0.667. The zero-order valence-corrected chi connectivity index (χ0v) is 11.1. The lowest BCUT2D eigenvalue weighted by atomic mass is 10.1. The summed E-state index contributed by atoms with van der Waals surface area (Å²) in [5.41, 5.74) is 0.749. The molecule has 5 heteroatoms. The maximum absolute atomic E-state index is 11.2. The highest BCUT2D eigenvalue weighted by molar-refractivity contribution is 7.17. The van der Waals surface area contributed by atoms with Crippen LogP contribution >= 0.6 is 11.3 Å². The molecule has 0 aromatic carbocycles. The highest BCUT2D eigenvalue weighted by Crippen LogP contribution is 2.30. The van der Waals surface area contributed by atoms with Crippen molar-refractivity contribution in [2.45, 2.75) is 33.1 Å². The molecule has 17 heavy (non-hydrogen) atoms. The molecule has 1 aromatic rings. The van der Waals surface area contributed by atoms with Gasteiger partial charge in [0.15, 0.2) is 5.13 Å². The standard InChI is InChI=1S/C12H18N2O2S/c1-8(2)7-9-10(11(15)16)17-12(13-9)14-5-3-4-6-14/h8H,3-7H2,1-2H3,(H,15,16). The van der Waals surface area contributed by atoms with Crippen molar-refractivity contribution in [3.63, 3.8) is 0 Å². The van der Waals surface area contributed by atoms with Gasteiger partial charge in [-0.1, -0.05) is 25.2 Å². The number of carboxylic acids is 1. The van der Waals surface area contributed by atoms with Gasteiger partial charge in [0, 0.05) is 13.1 Å². The predicted molar refractivity (Wildman–Crippen MR) is 69.1 cm³/mol. The first-order valence-corrected chi connectivity index (χ1v) is 6.87. The Balaban J connectivity index is 2.26. The molecule has 1 saturated heterocycles. The molecular formula is C12H18N2O2S. The van der Waals surface area contributed by atoms with E-state index in [4.69, 9.17) is 0 Å². The highest BCUT2D eigenvalue weighted by atomic mass is 32.1. The van der Waals surface area contributed by atoms with Gasteiger partial charge in [0.1, 0.15) is 4.88 Å². The molecule has 0 amide bonds. The number of hydrogen-bond acceptors (Lipinski definition) is 4. The summed E-state index contributed by atoms with van der Waals surface area (Å²) in [6, 6.07) is 0. The van der Waals surface area contributed by atoms with E-state index in [1.165, 1.54) is 24.2 Å². The van der Waals surface area contributed by atoms with Crippen molar-refractivity contribution in [2.24, 2.45) is 5.92 Å². The molecule has 0 atom stereocenters. The van der Waals surface area contributed by atoms with Crippen molar-refractivity contribution in [3.8, 4) is 0 Å². The summed E-state index contributed by atoms with van der Waals surface area (Å²) in [4.78, 5) is 18.3. The minimum absolute atomic E-state index is 0.417. The summed E-state index contributed by atoms with van der Waals surface area (Å²) in [6.45, 7) is 6.18. The van der Waals surface area contributed by atoms with Gasteiger partial charge in [0.25, 0.3) is 0 Å². The Morgan fingerprint density at radius 2 is 2.12 bits per heavy atom. The summed E-state index contributed by atoms with van der Waals surface area (Å²) in [5.74, 6) is -0.412. The van der Waals surface area contributed by atoms with E-state index in [-0.39, 0.29) is 0 Å². The zero-order valence-electron chi connectivity index (χ0n) is 10.3. The van der Waals surface area contributed by atoms with E-state index < -0.39 is 5.97 Å². The van der Waals surface area contributed by atoms with E-state index >= 15 is 0 Å². The van der Waals surface area contributed by atoms with Crippen LogP contribution in [0.2, 0.25) is 0 Å². The van der Waals surface area contributed by atoms with Crippen LogP contribution in [0.4, 0.5) is 5.13 Å². The average Bonchev–Trinajstić information content (AvgIpc) is 2.82. The lowest BCUT2D eigenvalue weighted by Gasteiger charge is -2.12. The Morgan fingerprint density at radius 3 is 2.65 bits per heavy atom. The molecular weight excluding hydrogens is 236 g/mol. The Morgan fingerprint density at radius 1 is 1.47 bits per heavy atom. The molecule has 0 saturated carbocycles. The van der Waals surface area contributed by atoms with E-state index in [0.29, 0.717) is 10.8 Å². The maximum Gasteiger partial charge on any atom is 0.347 e. The van der Waals surface area contributed by atoms with Gasteiger partial charge in [-0.15, -0.1) is 0 Å². The van der Waals surface area contributed by atoms with Crippen LogP contribution in [0.25, 0.3) is 0 Å². The zero-order chi connectivity index (χ0) is 12.4. The molecule has 1 aliphatic heterocycles. The van der Waals surface area contributed by atoms with Crippen molar-refractivity contribution in [1.82, 2.24) is 4.98 Å². The van der Waals surface area contributed by atoms with Crippen LogP contribution in [0.1, 0.15) is 42.1 Å². The molecule has 94 valence electrons. The number of anilines is 1. The molecule has 2 rings (SSSR count). The summed E-state index contributed by atoms with van der Waals surface area (Å²) in [5, 5.41) is 10.1. The van der Waals surface area contributed by atoms with Crippen LogP contribution in [-0.4, -0.2) is 29.1 Å². The third kappa shape index (κ3) is 2.77. The van der Waals surface area contributed by atoms with Crippen molar-refractivity contribution in [1.29, 1.82) is 0 Å². The quantitative estimate of drug-likeness (QED) is 0.897. The van der Waals surface area contributed by atoms with Crippen LogP contribution in [0, 0.1) is 5.92 Å². The Hall–Kier alpha value is -1.10. The topological polar surface area (TPSA) is 53.4 Å². The van der Waals surface area contributed by atoms with Gasteiger partial charge in [-0.05, 0) is 25.2 Å². The van der Waals surface area contributed by atoms with Gasteiger partial charge in [0.05, 0.1) is 5.69 Å². The fourth-order valence-electron chi connectivity index (χ4n) is 2.08. The first-order chi connectivity index (χ1) is 8.08. The number of thiazole rings is 1. The van der Waals surface area contributed by atoms with Crippen LogP contribution in [0.15, 0.2) is 0 Å². The summed E-state index contributed by atoms with van der Waals surface area (Å²) in [6.07, 6.45) is 3.11. The third-order valence-corrected chi connectivity index (χ3v) is 4.00. The number of nitrogens with zero attached hydrogens (tertiary/aromatic N) is 2. The lowest BCUT2D eigenvalue weighted by Crippen LogP contribution is -2.17. The van der Waals surface area contributed by atoms with E-state index in [0.717, 1.165) is 30.3 Å². The monoisotopic (exact) mass is 254 g/mol. The minimum atomic E-state index is -0.844. The first kappa shape index (κ1) is 12.4.